The number of pyridine rings is 1. The van der Waals surface area contributed by atoms with E-state index in [1.807, 2.05) is 14.1 Å². The van der Waals surface area contributed by atoms with Gasteiger partial charge < -0.3 is 10.2 Å². The van der Waals surface area contributed by atoms with Crippen LogP contribution in [0.15, 0.2) is 23.2 Å². The fourth-order valence-corrected chi connectivity index (χ4v) is 3.49. The molecule has 0 bridgehead atoms. The molecule has 0 saturated carbocycles. The molecule has 126 valence electrons. The summed E-state index contributed by atoms with van der Waals surface area (Å²) >= 11 is 0. The molecule has 0 spiro atoms. The Hall–Kier alpha value is -2.13. The van der Waals surface area contributed by atoms with E-state index in [0.717, 1.165) is 18.8 Å². The number of H-pyrrole nitrogens is 1. The third-order valence-electron chi connectivity index (χ3n) is 3.22. The predicted octanol–water partition coefficient (Wildman–Crippen LogP) is 1.20. The zero-order chi connectivity index (χ0) is 17.0. The summed E-state index contributed by atoms with van der Waals surface area (Å²) in [5, 5.41) is 9.79. The van der Waals surface area contributed by atoms with E-state index >= 15 is 0 Å². The number of sulfonamides is 1. The van der Waals surface area contributed by atoms with Crippen molar-refractivity contribution in [3.63, 3.8) is 0 Å². The first kappa shape index (κ1) is 17.2. The maximum Gasteiger partial charge on any atom is 0.266 e. The highest BCUT2D eigenvalue weighted by molar-refractivity contribution is 7.92. The van der Waals surface area contributed by atoms with Gasteiger partial charge in [-0.2, -0.15) is 5.10 Å². The van der Waals surface area contributed by atoms with Gasteiger partial charge in [-0.05, 0) is 40.1 Å². The van der Waals surface area contributed by atoms with Crippen LogP contribution in [-0.2, 0) is 10.0 Å². The molecule has 0 unspecified atom stereocenters. The van der Waals surface area contributed by atoms with Gasteiger partial charge in [-0.15, -0.1) is 0 Å². The molecule has 0 fully saturated rings. The Labute approximate surface area is 136 Å². The first-order valence-corrected chi connectivity index (χ1v) is 8.67. The minimum Gasteiger partial charge on any atom is -0.383 e. The quantitative estimate of drug-likeness (QED) is 0.701. The maximum atomic E-state index is 12.4. The SMILES string of the molecule is Cc1n[nH]c(C)c1S(=O)(=O)Nc1ccc(NCCN(C)C)cn1. The number of aromatic amines is 1. The predicted molar refractivity (Wildman–Crippen MR) is 90.2 cm³/mol. The number of anilines is 2. The lowest BCUT2D eigenvalue weighted by molar-refractivity contribution is 0.425. The van der Waals surface area contributed by atoms with Crippen molar-refractivity contribution in [3.05, 3.63) is 29.7 Å². The van der Waals surface area contributed by atoms with Gasteiger partial charge in [-0.1, -0.05) is 0 Å². The van der Waals surface area contributed by atoms with Crippen LogP contribution in [0.1, 0.15) is 11.4 Å². The fraction of sp³-hybridized carbons (Fsp3) is 0.429. The average molecular weight is 338 g/mol. The number of aromatic nitrogens is 3. The molecule has 9 heteroatoms. The number of likely N-dealkylation sites (N-methyl/N-ethyl adjacent to an activating group) is 1. The van der Waals surface area contributed by atoms with Gasteiger partial charge in [0.2, 0.25) is 0 Å². The van der Waals surface area contributed by atoms with Crippen molar-refractivity contribution in [1.82, 2.24) is 20.1 Å². The molecule has 0 aliphatic carbocycles. The van der Waals surface area contributed by atoms with Crippen LogP contribution in [0.5, 0.6) is 0 Å². The summed E-state index contributed by atoms with van der Waals surface area (Å²) in [5.74, 6) is 0.267. The zero-order valence-corrected chi connectivity index (χ0v) is 14.5. The number of nitrogens with zero attached hydrogens (tertiary/aromatic N) is 3. The minimum absolute atomic E-state index is 0.160. The van der Waals surface area contributed by atoms with Gasteiger partial charge in [0.05, 0.1) is 23.3 Å². The van der Waals surface area contributed by atoms with Crippen LogP contribution in [0, 0.1) is 13.8 Å². The summed E-state index contributed by atoms with van der Waals surface area (Å²) in [6.07, 6.45) is 1.60. The first-order valence-electron chi connectivity index (χ1n) is 7.18. The Balaban J connectivity index is 2.06. The molecule has 2 rings (SSSR count). The molecule has 3 N–H and O–H groups in total. The van der Waals surface area contributed by atoms with Gasteiger partial charge in [0.15, 0.2) is 0 Å². The zero-order valence-electron chi connectivity index (χ0n) is 13.7. The van der Waals surface area contributed by atoms with Crippen LogP contribution < -0.4 is 10.0 Å². The number of hydrogen-bond acceptors (Lipinski definition) is 6. The fourth-order valence-electron chi connectivity index (χ4n) is 2.11. The van der Waals surface area contributed by atoms with Gasteiger partial charge in [-0.3, -0.25) is 9.82 Å². The second-order valence-corrected chi connectivity index (χ2v) is 7.15. The lowest BCUT2D eigenvalue weighted by Crippen LogP contribution is -2.20. The van der Waals surface area contributed by atoms with Crippen molar-refractivity contribution in [3.8, 4) is 0 Å². The second-order valence-electron chi connectivity index (χ2n) is 5.53. The van der Waals surface area contributed by atoms with E-state index in [1.165, 1.54) is 0 Å². The van der Waals surface area contributed by atoms with Crippen molar-refractivity contribution in [2.24, 2.45) is 0 Å². The highest BCUT2D eigenvalue weighted by Gasteiger charge is 2.22. The highest BCUT2D eigenvalue weighted by Crippen LogP contribution is 2.20. The lowest BCUT2D eigenvalue weighted by Gasteiger charge is -2.12. The summed E-state index contributed by atoms with van der Waals surface area (Å²) in [4.78, 5) is 6.36. The molecule has 0 aromatic carbocycles. The van der Waals surface area contributed by atoms with Gasteiger partial charge in [-0.25, -0.2) is 13.4 Å². The molecule has 2 aromatic heterocycles. The maximum absolute atomic E-state index is 12.4. The summed E-state index contributed by atoms with van der Waals surface area (Å²) in [6.45, 7) is 4.99. The van der Waals surface area contributed by atoms with Crippen LogP contribution in [0.4, 0.5) is 11.5 Å². The number of aryl methyl sites for hydroxylation is 2. The molecule has 0 radical (unpaired) electrons. The Kier molecular flexibility index (Phi) is 5.22. The van der Waals surface area contributed by atoms with Crippen molar-refractivity contribution in [2.45, 2.75) is 18.7 Å². The van der Waals surface area contributed by atoms with E-state index < -0.39 is 10.0 Å². The molecule has 0 aliphatic rings. The van der Waals surface area contributed by atoms with Gasteiger partial charge in [0.25, 0.3) is 10.0 Å². The summed E-state index contributed by atoms with van der Waals surface area (Å²) < 4.78 is 27.3. The van der Waals surface area contributed by atoms with E-state index in [2.05, 4.69) is 30.1 Å². The number of hydrogen-bond donors (Lipinski definition) is 3. The molecule has 23 heavy (non-hydrogen) atoms. The van der Waals surface area contributed by atoms with Crippen molar-refractivity contribution < 1.29 is 8.42 Å². The van der Waals surface area contributed by atoms with Crippen molar-refractivity contribution in [2.75, 3.05) is 37.2 Å². The lowest BCUT2D eigenvalue weighted by atomic mass is 10.4. The van der Waals surface area contributed by atoms with Crippen molar-refractivity contribution in [1.29, 1.82) is 0 Å². The van der Waals surface area contributed by atoms with E-state index in [0.29, 0.717) is 11.4 Å². The van der Waals surface area contributed by atoms with E-state index in [9.17, 15) is 8.42 Å². The smallest absolute Gasteiger partial charge is 0.266 e. The summed E-state index contributed by atoms with van der Waals surface area (Å²) in [6, 6.07) is 3.41. The molecule has 8 nitrogen and oxygen atoms in total. The van der Waals surface area contributed by atoms with Gasteiger partial charge in [0, 0.05) is 13.1 Å². The molecule has 2 aromatic rings. The van der Waals surface area contributed by atoms with Crippen LogP contribution in [0.25, 0.3) is 0 Å². The Morgan fingerprint density at radius 3 is 2.52 bits per heavy atom. The molecule has 0 saturated heterocycles. The summed E-state index contributed by atoms with van der Waals surface area (Å²) in [7, 11) is 0.290. The Bertz CT molecular complexity index is 733. The Morgan fingerprint density at radius 1 is 1.26 bits per heavy atom. The van der Waals surface area contributed by atoms with E-state index in [-0.39, 0.29) is 10.7 Å². The number of rotatable bonds is 7. The second kappa shape index (κ2) is 6.97. The minimum atomic E-state index is -3.71. The van der Waals surface area contributed by atoms with Crippen LogP contribution in [0.2, 0.25) is 0 Å². The monoisotopic (exact) mass is 338 g/mol. The van der Waals surface area contributed by atoms with Gasteiger partial charge >= 0.3 is 0 Å². The third-order valence-corrected chi connectivity index (χ3v) is 4.84. The molecule has 2 heterocycles. The average Bonchev–Trinajstić information content (AvgIpc) is 2.80. The molecular formula is C14H22N6O2S. The van der Waals surface area contributed by atoms with Crippen LogP contribution >= 0.6 is 0 Å². The van der Waals surface area contributed by atoms with Gasteiger partial charge in [0.1, 0.15) is 10.7 Å². The molecular weight excluding hydrogens is 316 g/mol. The van der Waals surface area contributed by atoms with Crippen LogP contribution in [0.3, 0.4) is 0 Å². The van der Waals surface area contributed by atoms with E-state index in [4.69, 9.17) is 0 Å². The number of nitrogens with one attached hydrogen (secondary N) is 3. The highest BCUT2D eigenvalue weighted by atomic mass is 32.2. The topological polar surface area (TPSA) is 103 Å². The summed E-state index contributed by atoms with van der Waals surface area (Å²) in [5.41, 5.74) is 1.76. The molecule has 0 aliphatic heterocycles. The van der Waals surface area contributed by atoms with E-state index in [1.54, 1.807) is 32.2 Å². The molecule has 0 amide bonds. The first-order chi connectivity index (χ1) is 10.8. The normalized spacial score (nSPS) is 11.7. The molecule has 0 atom stereocenters. The Morgan fingerprint density at radius 2 is 2.00 bits per heavy atom. The largest absolute Gasteiger partial charge is 0.383 e. The standard InChI is InChI=1S/C14H22N6O2S/c1-10-14(11(2)18-17-10)23(21,22)19-13-6-5-12(9-16-13)15-7-8-20(3)4/h5-6,9,15H,7-8H2,1-4H3,(H,16,19)(H,17,18). The van der Waals surface area contributed by atoms with Crippen LogP contribution in [-0.4, -0.2) is 55.7 Å². The van der Waals surface area contributed by atoms with Crippen molar-refractivity contribution >= 4 is 21.5 Å². The third kappa shape index (κ3) is 4.42.